The smallest absolute Gasteiger partial charge is 0.250 e. The summed E-state index contributed by atoms with van der Waals surface area (Å²) in [6.07, 6.45) is 1.10. The monoisotopic (exact) mass is 260 g/mol. The molecule has 1 aromatic rings. The zero-order valence-electron chi connectivity index (χ0n) is 11.5. The van der Waals surface area contributed by atoms with Crippen molar-refractivity contribution in [3.63, 3.8) is 0 Å². The summed E-state index contributed by atoms with van der Waals surface area (Å²) in [6.45, 7) is 6.22. The fourth-order valence-corrected chi connectivity index (χ4v) is 3.44. The maximum atomic E-state index is 12.2. The van der Waals surface area contributed by atoms with Gasteiger partial charge in [0.05, 0.1) is 0 Å². The van der Waals surface area contributed by atoms with Gasteiger partial charge in [-0.2, -0.15) is 0 Å². The molecule has 0 radical (unpaired) electrons. The van der Waals surface area contributed by atoms with Crippen LogP contribution in [0.5, 0.6) is 0 Å². The van der Waals surface area contributed by atoms with E-state index in [0.717, 1.165) is 31.7 Å². The quantitative estimate of drug-likeness (QED) is 0.767. The molecule has 2 aliphatic heterocycles. The van der Waals surface area contributed by atoms with Crippen molar-refractivity contribution in [1.82, 2.24) is 9.47 Å². The summed E-state index contributed by atoms with van der Waals surface area (Å²) in [5.74, 6) is 1.04. The van der Waals surface area contributed by atoms with Gasteiger partial charge in [-0.15, -0.1) is 0 Å². The van der Waals surface area contributed by atoms with Crippen molar-refractivity contribution in [2.24, 2.45) is 11.8 Å². The van der Waals surface area contributed by atoms with Gasteiger partial charge in [-0.1, -0.05) is 19.9 Å². The number of piperidine rings is 1. The first-order chi connectivity index (χ1) is 9.06. The van der Waals surface area contributed by atoms with E-state index in [2.05, 4.69) is 0 Å². The molecule has 19 heavy (non-hydrogen) atoms. The average molecular weight is 260 g/mol. The van der Waals surface area contributed by atoms with E-state index in [1.165, 1.54) is 0 Å². The van der Waals surface area contributed by atoms with E-state index in [0.29, 0.717) is 11.8 Å². The van der Waals surface area contributed by atoms with Crippen molar-refractivity contribution in [3.8, 4) is 0 Å². The topological polar surface area (TPSA) is 42.3 Å². The van der Waals surface area contributed by atoms with Gasteiger partial charge >= 0.3 is 0 Å². The molecule has 0 saturated carbocycles. The molecule has 1 aromatic heterocycles. The third-order valence-electron chi connectivity index (χ3n) is 4.29. The molecule has 102 valence electrons. The highest BCUT2D eigenvalue weighted by atomic mass is 16.2. The molecular weight excluding hydrogens is 240 g/mol. The van der Waals surface area contributed by atoms with Gasteiger partial charge in [0.1, 0.15) is 0 Å². The third-order valence-corrected chi connectivity index (χ3v) is 4.29. The zero-order chi connectivity index (χ0) is 13.6. The molecule has 0 aliphatic carbocycles. The van der Waals surface area contributed by atoms with Gasteiger partial charge in [-0.05, 0) is 18.4 Å². The molecule has 0 spiro atoms. The van der Waals surface area contributed by atoms with Crippen LogP contribution in [0.25, 0.3) is 0 Å². The number of carbonyl (C=O) groups excluding carboxylic acids is 1. The van der Waals surface area contributed by atoms with Gasteiger partial charge in [-0.3, -0.25) is 9.59 Å². The highest BCUT2D eigenvalue weighted by Gasteiger charge is 2.36. The van der Waals surface area contributed by atoms with E-state index in [-0.39, 0.29) is 17.4 Å². The maximum absolute atomic E-state index is 12.2. The van der Waals surface area contributed by atoms with Crippen molar-refractivity contribution in [1.29, 1.82) is 0 Å². The number of fused-ring (bicyclic) bond motifs is 4. The second kappa shape index (κ2) is 4.51. The van der Waals surface area contributed by atoms with E-state index in [1.54, 1.807) is 6.07 Å². The van der Waals surface area contributed by atoms with Gasteiger partial charge in [-0.25, -0.2) is 0 Å². The van der Waals surface area contributed by atoms with Crippen LogP contribution in [0.15, 0.2) is 23.0 Å². The van der Waals surface area contributed by atoms with Crippen LogP contribution in [-0.4, -0.2) is 28.5 Å². The molecule has 4 nitrogen and oxygen atoms in total. The Morgan fingerprint density at radius 3 is 2.79 bits per heavy atom. The lowest BCUT2D eigenvalue weighted by Gasteiger charge is -2.43. The Morgan fingerprint density at radius 2 is 2.05 bits per heavy atom. The van der Waals surface area contributed by atoms with Crippen LogP contribution in [0.2, 0.25) is 0 Å². The van der Waals surface area contributed by atoms with Crippen LogP contribution >= 0.6 is 0 Å². The Labute approximate surface area is 113 Å². The standard InChI is InChI=1S/C15H20N2O2/c1-10(2)15(19)16-7-11-6-12(9-16)13-4-3-5-14(18)17(13)8-11/h3-5,10-12H,6-9H2,1-2H3/t11-,12+/m1/s1. The highest BCUT2D eigenvalue weighted by Crippen LogP contribution is 2.35. The number of pyridine rings is 1. The zero-order valence-corrected chi connectivity index (χ0v) is 11.5. The molecule has 2 aliphatic rings. The molecule has 2 bridgehead atoms. The Morgan fingerprint density at radius 1 is 1.26 bits per heavy atom. The average Bonchev–Trinajstić information content (AvgIpc) is 2.39. The van der Waals surface area contributed by atoms with Gasteiger partial charge in [0.2, 0.25) is 5.91 Å². The molecule has 3 rings (SSSR count). The second-order valence-corrected chi connectivity index (χ2v) is 6.10. The molecule has 2 atom stereocenters. The van der Waals surface area contributed by atoms with E-state index in [9.17, 15) is 9.59 Å². The minimum Gasteiger partial charge on any atom is -0.341 e. The number of hydrogen-bond acceptors (Lipinski definition) is 2. The summed E-state index contributed by atoms with van der Waals surface area (Å²) in [6, 6.07) is 5.49. The molecule has 3 heterocycles. The Bertz CT molecular complexity index is 562. The predicted octanol–water partition coefficient (Wildman–Crippen LogP) is 1.45. The van der Waals surface area contributed by atoms with E-state index in [4.69, 9.17) is 0 Å². The predicted molar refractivity (Wildman–Crippen MR) is 73.0 cm³/mol. The first-order valence-electron chi connectivity index (χ1n) is 7.05. The first-order valence-corrected chi connectivity index (χ1v) is 7.05. The first kappa shape index (κ1) is 12.5. The summed E-state index contributed by atoms with van der Waals surface area (Å²) in [5.41, 5.74) is 1.20. The van der Waals surface area contributed by atoms with Crippen molar-refractivity contribution in [2.75, 3.05) is 13.1 Å². The number of rotatable bonds is 1. The number of aromatic nitrogens is 1. The minimum atomic E-state index is 0.0526. The van der Waals surface area contributed by atoms with Crippen LogP contribution < -0.4 is 5.56 Å². The van der Waals surface area contributed by atoms with Crippen LogP contribution in [0.4, 0.5) is 0 Å². The van der Waals surface area contributed by atoms with Crippen LogP contribution in [0.1, 0.15) is 31.9 Å². The number of nitrogens with zero attached hydrogens (tertiary/aromatic N) is 2. The van der Waals surface area contributed by atoms with Crippen LogP contribution in [0.3, 0.4) is 0 Å². The summed E-state index contributed by atoms with van der Waals surface area (Å²) in [7, 11) is 0. The van der Waals surface area contributed by atoms with Crippen molar-refractivity contribution < 1.29 is 4.79 Å². The van der Waals surface area contributed by atoms with Gasteiger partial charge in [0, 0.05) is 43.2 Å². The van der Waals surface area contributed by atoms with E-state index in [1.807, 2.05) is 35.4 Å². The minimum absolute atomic E-state index is 0.0526. The fourth-order valence-electron chi connectivity index (χ4n) is 3.44. The van der Waals surface area contributed by atoms with Crippen LogP contribution in [-0.2, 0) is 11.3 Å². The number of likely N-dealkylation sites (tertiary alicyclic amines) is 1. The highest BCUT2D eigenvalue weighted by molar-refractivity contribution is 5.78. The van der Waals surface area contributed by atoms with Crippen molar-refractivity contribution in [3.05, 3.63) is 34.2 Å². The molecule has 1 saturated heterocycles. The molecule has 1 amide bonds. The SMILES string of the molecule is CC(C)C(=O)N1C[C@H]2C[C@@H](C1)c1cccc(=O)n1C2. The van der Waals surface area contributed by atoms with Crippen LogP contribution in [0, 0.1) is 11.8 Å². The Kier molecular flexibility index (Phi) is 2.96. The van der Waals surface area contributed by atoms with E-state index >= 15 is 0 Å². The Hall–Kier alpha value is -1.58. The summed E-state index contributed by atoms with van der Waals surface area (Å²) in [5, 5.41) is 0. The molecular formula is C15H20N2O2. The lowest BCUT2D eigenvalue weighted by Crippen LogP contribution is -2.50. The summed E-state index contributed by atoms with van der Waals surface area (Å²) >= 11 is 0. The number of hydrogen-bond donors (Lipinski definition) is 0. The van der Waals surface area contributed by atoms with Crippen molar-refractivity contribution in [2.45, 2.75) is 32.7 Å². The molecule has 4 heteroatoms. The normalized spacial score (nSPS) is 25.3. The lowest BCUT2D eigenvalue weighted by atomic mass is 9.83. The fraction of sp³-hybridized carbons (Fsp3) is 0.600. The molecule has 0 aromatic carbocycles. The molecule has 0 N–H and O–H groups in total. The maximum Gasteiger partial charge on any atom is 0.250 e. The lowest BCUT2D eigenvalue weighted by molar-refractivity contribution is -0.137. The summed E-state index contributed by atoms with van der Waals surface area (Å²) in [4.78, 5) is 26.1. The summed E-state index contributed by atoms with van der Waals surface area (Å²) < 4.78 is 1.90. The van der Waals surface area contributed by atoms with Crippen molar-refractivity contribution >= 4 is 5.91 Å². The second-order valence-electron chi connectivity index (χ2n) is 6.10. The van der Waals surface area contributed by atoms with Gasteiger partial charge < -0.3 is 9.47 Å². The number of amides is 1. The molecule has 1 fully saturated rings. The molecule has 0 unspecified atom stereocenters. The number of carbonyl (C=O) groups is 1. The van der Waals surface area contributed by atoms with E-state index < -0.39 is 0 Å². The third kappa shape index (κ3) is 2.09. The van der Waals surface area contributed by atoms with Gasteiger partial charge in [0.15, 0.2) is 0 Å². The Balaban J connectivity index is 1.92. The largest absolute Gasteiger partial charge is 0.341 e. The van der Waals surface area contributed by atoms with Gasteiger partial charge in [0.25, 0.3) is 5.56 Å².